The summed E-state index contributed by atoms with van der Waals surface area (Å²) < 4.78 is 1.03. The van der Waals surface area contributed by atoms with Gasteiger partial charge in [0.05, 0.1) is 11.8 Å². The first kappa shape index (κ1) is 23.1. The van der Waals surface area contributed by atoms with Crippen molar-refractivity contribution in [2.75, 3.05) is 46.3 Å². The second kappa shape index (κ2) is 9.16. The summed E-state index contributed by atoms with van der Waals surface area (Å²) in [6, 6.07) is 8.18. The zero-order valence-corrected chi connectivity index (χ0v) is 21.0. The number of nitrogens with two attached hydrogens (primary N) is 1. The number of hydrogen-bond acceptors (Lipinski definition) is 4. The van der Waals surface area contributed by atoms with Crippen molar-refractivity contribution in [1.29, 1.82) is 0 Å². The minimum Gasteiger partial charge on any atom is -0.369 e. The number of piperazine rings is 1. The van der Waals surface area contributed by atoms with Crippen LogP contribution in [0.25, 0.3) is 0 Å². The minimum atomic E-state index is -0.361. The van der Waals surface area contributed by atoms with Gasteiger partial charge < -0.3 is 20.4 Å². The largest absolute Gasteiger partial charge is 0.369 e. The molecule has 1 aromatic carbocycles. The number of hydrogen-bond donors (Lipinski definition) is 1. The Bertz CT molecular complexity index is 921. The summed E-state index contributed by atoms with van der Waals surface area (Å²) in [6.07, 6.45) is 7.54. The molecule has 1 saturated heterocycles. The van der Waals surface area contributed by atoms with E-state index in [0.29, 0.717) is 13.1 Å². The standard InChI is InChI=1S/C26H35BrN4O2/c1-29-13-15-30(16-14-29)11-2-12-31(17-18-3-5-19(27)6-4-18)25(33)23-21-8-7-20(22(23)24(28)32)26(21)9-10-26/h3-8,20-23H,2,9-17H2,1H3,(H2,28,32)/t20-,21+,22-,23-/m1/s1. The Morgan fingerprint density at radius 1 is 1.06 bits per heavy atom. The molecule has 2 bridgehead atoms. The highest BCUT2D eigenvalue weighted by Gasteiger charge is 2.69. The molecule has 3 aliphatic carbocycles. The fourth-order valence-corrected chi connectivity index (χ4v) is 6.83. The molecule has 4 aliphatic rings. The van der Waals surface area contributed by atoms with E-state index >= 15 is 0 Å². The van der Waals surface area contributed by atoms with Gasteiger partial charge >= 0.3 is 0 Å². The van der Waals surface area contributed by atoms with Gasteiger partial charge in [0.25, 0.3) is 0 Å². The van der Waals surface area contributed by atoms with Crippen molar-refractivity contribution < 1.29 is 9.59 Å². The van der Waals surface area contributed by atoms with Crippen LogP contribution in [0.2, 0.25) is 0 Å². The summed E-state index contributed by atoms with van der Waals surface area (Å²) >= 11 is 3.50. The first-order valence-electron chi connectivity index (χ1n) is 12.3. The first-order chi connectivity index (χ1) is 15.9. The van der Waals surface area contributed by atoms with Gasteiger partial charge in [0, 0.05) is 43.7 Å². The molecule has 2 N–H and O–H groups in total. The number of carbonyl (C=O) groups is 2. The van der Waals surface area contributed by atoms with E-state index in [2.05, 4.69) is 57.1 Å². The van der Waals surface area contributed by atoms with Crippen molar-refractivity contribution in [2.45, 2.75) is 25.8 Å². The molecule has 1 aliphatic heterocycles. The quantitative estimate of drug-likeness (QED) is 0.541. The Hall–Kier alpha value is -1.70. The van der Waals surface area contributed by atoms with Crippen molar-refractivity contribution in [3.05, 3.63) is 46.5 Å². The average Bonchev–Trinajstić information content (AvgIpc) is 3.47. The number of rotatable bonds is 8. The number of allylic oxidation sites excluding steroid dienone is 2. The fourth-order valence-electron chi connectivity index (χ4n) is 6.56. The van der Waals surface area contributed by atoms with Gasteiger partial charge in [-0.2, -0.15) is 0 Å². The Labute approximate surface area is 205 Å². The second-order valence-electron chi connectivity index (χ2n) is 10.5. The molecule has 7 heteroatoms. The third kappa shape index (κ3) is 4.40. The van der Waals surface area contributed by atoms with Gasteiger partial charge in [0.1, 0.15) is 0 Å². The maximum Gasteiger partial charge on any atom is 0.227 e. The van der Waals surface area contributed by atoms with Crippen LogP contribution in [0.5, 0.6) is 0 Å². The molecule has 1 aromatic rings. The van der Waals surface area contributed by atoms with Crippen molar-refractivity contribution in [2.24, 2.45) is 34.8 Å². The van der Waals surface area contributed by atoms with Gasteiger partial charge in [0.15, 0.2) is 0 Å². The van der Waals surface area contributed by atoms with Crippen molar-refractivity contribution in [3.8, 4) is 0 Å². The Balaban J connectivity index is 1.32. The van der Waals surface area contributed by atoms with Crippen molar-refractivity contribution in [1.82, 2.24) is 14.7 Å². The Kier molecular flexibility index (Phi) is 6.40. The summed E-state index contributed by atoms with van der Waals surface area (Å²) in [6.45, 7) is 6.64. The molecule has 5 rings (SSSR count). The molecule has 1 spiro atoms. The highest BCUT2D eigenvalue weighted by molar-refractivity contribution is 9.10. The van der Waals surface area contributed by atoms with Gasteiger partial charge in [0.2, 0.25) is 11.8 Å². The lowest BCUT2D eigenvalue weighted by molar-refractivity contribution is -0.142. The lowest BCUT2D eigenvalue weighted by Gasteiger charge is -2.34. The molecule has 1 heterocycles. The summed E-state index contributed by atoms with van der Waals surface area (Å²) in [5.74, 6) is -0.550. The van der Waals surface area contributed by atoms with Crippen LogP contribution in [-0.4, -0.2) is 72.8 Å². The van der Waals surface area contributed by atoms with Crippen molar-refractivity contribution >= 4 is 27.7 Å². The second-order valence-corrected chi connectivity index (χ2v) is 11.4. The van der Waals surface area contributed by atoms with Crippen LogP contribution >= 0.6 is 15.9 Å². The third-order valence-corrected chi connectivity index (χ3v) is 9.08. The first-order valence-corrected chi connectivity index (χ1v) is 13.1. The van der Waals surface area contributed by atoms with Crippen LogP contribution in [0, 0.1) is 29.1 Å². The van der Waals surface area contributed by atoms with Crippen molar-refractivity contribution in [3.63, 3.8) is 0 Å². The number of nitrogens with zero attached hydrogens (tertiary/aromatic N) is 3. The highest BCUT2D eigenvalue weighted by Crippen LogP contribution is 2.72. The minimum absolute atomic E-state index is 0.114. The van der Waals surface area contributed by atoms with Crippen LogP contribution in [0.4, 0.5) is 0 Å². The average molecular weight is 515 g/mol. The summed E-state index contributed by atoms with van der Waals surface area (Å²) in [7, 11) is 2.17. The van der Waals surface area contributed by atoms with E-state index in [1.807, 2.05) is 17.0 Å². The monoisotopic (exact) mass is 514 g/mol. The van der Waals surface area contributed by atoms with E-state index in [0.717, 1.165) is 62.0 Å². The number of amides is 2. The SMILES string of the molecule is CN1CCN(CCCN(Cc2ccc(Br)cc2)C(=O)[C@H]2[C@H](C(N)=O)[C@H]3C=C[C@@H]2C32CC2)CC1. The van der Waals surface area contributed by atoms with Crippen LogP contribution in [0.1, 0.15) is 24.8 Å². The molecular weight excluding hydrogens is 480 g/mol. The molecule has 0 radical (unpaired) electrons. The summed E-state index contributed by atoms with van der Waals surface area (Å²) in [5.41, 5.74) is 7.12. The molecule has 178 valence electrons. The summed E-state index contributed by atoms with van der Waals surface area (Å²) in [5, 5.41) is 0. The van der Waals surface area contributed by atoms with Gasteiger partial charge in [-0.1, -0.05) is 40.2 Å². The number of carbonyl (C=O) groups excluding carboxylic acids is 2. The molecule has 6 nitrogen and oxygen atoms in total. The van der Waals surface area contributed by atoms with E-state index < -0.39 is 0 Å². The fraction of sp³-hybridized carbons (Fsp3) is 0.615. The van der Waals surface area contributed by atoms with E-state index in [9.17, 15) is 9.59 Å². The number of halogens is 1. The van der Waals surface area contributed by atoms with Crippen LogP contribution in [0.3, 0.4) is 0 Å². The molecule has 0 aromatic heterocycles. The van der Waals surface area contributed by atoms with Gasteiger partial charge in [-0.25, -0.2) is 0 Å². The predicted octanol–water partition coefficient (Wildman–Crippen LogP) is 2.73. The van der Waals surface area contributed by atoms with Gasteiger partial charge in [-0.15, -0.1) is 0 Å². The zero-order valence-electron chi connectivity index (χ0n) is 19.5. The van der Waals surface area contributed by atoms with Crippen LogP contribution < -0.4 is 5.73 Å². The molecular formula is C26H35BrN4O2. The molecule has 0 unspecified atom stereocenters. The van der Waals surface area contributed by atoms with Gasteiger partial charge in [-0.3, -0.25) is 9.59 Å². The topological polar surface area (TPSA) is 69.9 Å². The highest BCUT2D eigenvalue weighted by atomic mass is 79.9. The lowest BCUT2D eigenvalue weighted by atomic mass is 9.81. The van der Waals surface area contributed by atoms with Crippen LogP contribution in [-0.2, 0) is 16.1 Å². The Morgan fingerprint density at radius 2 is 1.70 bits per heavy atom. The lowest BCUT2D eigenvalue weighted by Crippen LogP contribution is -2.46. The molecule has 3 fully saturated rings. The summed E-state index contributed by atoms with van der Waals surface area (Å²) in [4.78, 5) is 33.4. The van der Waals surface area contributed by atoms with E-state index in [-0.39, 0.29) is 40.9 Å². The molecule has 2 amide bonds. The van der Waals surface area contributed by atoms with E-state index in [1.165, 1.54) is 0 Å². The normalized spacial score (nSPS) is 30.1. The number of benzene rings is 1. The molecule has 2 saturated carbocycles. The van der Waals surface area contributed by atoms with Crippen LogP contribution in [0.15, 0.2) is 40.9 Å². The molecule has 4 atom stereocenters. The Morgan fingerprint density at radius 3 is 2.30 bits per heavy atom. The maximum absolute atomic E-state index is 14.0. The smallest absolute Gasteiger partial charge is 0.227 e. The number of primary amides is 1. The predicted molar refractivity (Wildman–Crippen MR) is 132 cm³/mol. The van der Waals surface area contributed by atoms with E-state index in [4.69, 9.17) is 5.73 Å². The molecule has 33 heavy (non-hydrogen) atoms. The maximum atomic E-state index is 14.0. The van der Waals surface area contributed by atoms with E-state index in [1.54, 1.807) is 0 Å². The van der Waals surface area contributed by atoms with Gasteiger partial charge in [-0.05, 0) is 67.8 Å². The number of likely N-dealkylation sites (N-methyl/N-ethyl adjacent to an activating group) is 1. The third-order valence-electron chi connectivity index (χ3n) is 8.55. The zero-order chi connectivity index (χ0) is 23.2.